The molecule has 0 bridgehead atoms. The third-order valence-corrected chi connectivity index (χ3v) is 2.06. The normalized spacial score (nSPS) is 11.6. The van der Waals surface area contributed by atoms with Crippen LogP contribution in [0.3, 0.4) is 0 Å². The minimum Gasteiger partial charge on any atom is -0.396 e. The molecular weight excluding hydrogens is 207 g/mol. The Bertz CT molecular complexity index is 437. The lowest BCUT2D eigenvalue weighted by Crippen LogP contribution is -2.32. The molecule has 0 heterocycles. The number of anilines is 1. The van der Waals surface area contributed by atoms with Gasteiger partial charge in [-0.15, -0.1) is 12.3 Å². The van der Waals surface area contributed by atoms with Crippen molar-refractivity contribution < 1.29 is 9.18 Å². The average Bonchev–Trinajstić information content (AvgIpc) is 2.22. The smallest absolute Gasteiger partial charge is 0.251 e. The van der Waals surface area contributed by atoms with Crippen LogP contribution in [0.15, 0.2) is 18.2 Å². The number of amides is 1. The fourth-order valence-corrected chi connectivity index (χ4v) is 1.22. The molecule has 1 amide bonds. The highest BCUT2D eigenvalue weighted by Gasteiger charge is 2.10. The Morgan fingerprint density at radius 1 is 1.69 bits per heavy atom. The lowest BCUT2D eigenvalue weighted by molar-refractivity contribution is 0.0941. The van der Waals surface area contributed by atoms with Crippen molar-refractivity contribution in [3.8, 4) is 12.3 Å². The van der Waals surface area contributed by atoms with Crippen molar-refractivity contribution in [1.82, 2.24) is 5.32 Å². The van der Waals surface area contributed by atoms with Gasteiger partial charge in [0.15, 0.2) is 0 Å². The summed E-state index contributed by atoms with van der Waals surface area (Å²) in [6, 6.07) is 3.72. The maximum Gasteiger partial charge on any atom is 0.251 e. The van der Waals surface area contributed by atoms with Crippen LogP contribution in [0.1, 0.15) is 23.7 Å². The Kier molecular flexibility index (Phi) is 3.90. The van der Waals surface area contributed by atoms with E-state index in [0.29, 0.717) is 12.0 Å². The van der Waals surface area contributed by atoms with E-state index in [0.717, 1.165) is 6.07 Å². The molecular formula is C12H13FN2O. The van der Waals surface area contributed by atoms with E-state index in [1.54, 1.807) is 6.92 Å². The second-order valence-corrected chi connectivity index (χ2v) is 3.52. The molecule has 0 spiro atoms. The van der Waals surface area contributed by atoms with Crippen LogP contribution in [0.5, 0.6) is 0 Å². The van der Waals surface area contributed by atoms with Crippen molar-refractivity contribution in [2.45, 2.75) is 19.4 Å². The molecule has 0 radical (unpaired) electrons. The van der Waals surface area contributed by atoms with E-state index in [4.69, 9.17) is 12.2 Å². The van der Waals surface area contributed by atoms with Gasteiger partial charge in [0, 0.05) is 18.0 Å². The van der Waals surface area contributed by atoms with Crippen LogP contribution >= 0.6 is 0 Å². The number of benzene rings is 1. The number of carbonyl (C=O) groups is 1. The third kappa shape index (κ3) is 2.99. The molecule has 3 nitrogen and oxygen atoms in total. The van der Waals surface area contributed by atoms with Gasteiger partial charge in [-0.3, -0.25) is 4.79 Å². The molecule has 1 aromatic rings. The highest BCUT2D eigenvalue weighted by molar-refractivity contribution is 5.95. The summed E-state index contributed by atoms with van der Waals surface area (Å²) in [5, 5.41) is 2.68. The number of nitrogen functional groups attached to an aromatic ring is 1. The summed E-state index contributed by atoms with van der Waals surface area (Å²) in [7, 11) is 0. The van der Waals surface area contributed by atoms with Gasteiger partial charge in [0.1, 0.15) is 5.82 Å². The van der Waals surface area contributed by atoms with Gasteiger partial charge in [0.25, 0.3) is 5.91 Å². The van der Waals surface area contributed by atoms with Gasteiger partial charge in [-0.25, -0.2) is 4.39 Å². The number of halogens is 1. The second-order valence-electron chi connectivity index (χ2n) is 3.52. The number of hydrogen-bond donors (Lipinski definition) is 2. The molecule has 1 atom stereocenters. The highest BCUT2D eigenvalue weighted by Crippen LogP contribution is 2.12. The SMILES string of the molecule is C#CCC(C)NC(=O)c1ccc(F)c(N)c1. The summed E-state index contributed by atoms with van der Waals surface area (Å²) >= 11 is 0. The van der Waals surface area contributed by atoms with Gasteiger partial charge < -0.3 is 11.1 Å². The molecule has 84 valence electrons. The van der Waals surface area contributed by atoms with Crippen molar-refractivity contribution >= 4 is 11.6 Å². The Balaban J connectivity index is 2.74. The van der Waals surface area contributed by atoms with E-state index in [-0.39, 0.29) is 17.6 Å². The Hall–Kier alpha value is -2.02. The molecule has 0 fully saturated rings. The Morgan fingerprint density at radius 2 is 2.38 bits per heavy atom. The fraction of sp³-hybridized carbons (Fsp3) is 0.250. The molecule has 1 rings (SSSR count). The number of hydrogen-bond acceptors (Lipinski definition) is 2. The molecule has 0 aliphatic carbocycles. The predicted octanol–water partition coefficient (Wildman–Crippen LogP) is 1.55. The minimum atomic E-state index is -0.534. The summed E-state index contributed by atoms with van der Waals surface area (Å²) in [6.07, 6.45) is 5.56. The van der Waals surface area contributed by atoms with Gasteiger partial charge in [0.05, 0.1) is 5.69 Å². The first-order valence-electron chi connectivity index (χ1n) is 4.84. The van der Waals surface area contributed by atoms with Crippen LogP contribution in [0, 0.1) is 18.2 Å². The van der Waals surface area contributed by atoms with Gasteiger partial charge >= 0.3 is 0 Å². The Labute approximate surface area is 93.8 Å². The topological polar surface area (TPSA) is 55.1 Å². The molecule has 1 aromatic carbocycles. The van der Waals surface area contributed by atoms with Crippen LogP contribution in [-0.4, -0.2) is 11.9 Å². The zero-order chi connectivity index (χ0) is 12.1. The van der Waals surface area contributed by atoms with Crippen molar-refractivity contribution in [2.75, 3.05) is 5.73 Å². The maximum absolute atomic E-state index is 12.9. The van der Waals surface area contributed by atoms with E-state index in [2.05, 4.69) is 11.2 Å². The molecule has 0 saturated heterocycles. The zero-order valence-electron chi connectivity index (χ0n) is 8.96. The van der Waals surface area contributed by atoms with Gasteiger partial charge in [-0.05, 0) is 25.1 Å². The second kappa shape index (κ2) is 5.17. The largest absolute Gasteiger partial charge is 0.396 e. The van der Waals surface area contributed by atoms with Gasteiger partial charge in [0.2, 0.25) is 0 Å². The number of nitrogens with two attached hydrogens (primary N) is 1. The van der Waals surface area contributed by atoms with Crippen molar-refractivity contribution in [1.29, 1.82) is 0 Å². The zero-order valence-corrected chi connectivity index (χ0v) is 8.96. The fourth-order valence-electron chi connectivity index (χ4n) is 1.22. The molecule has 16 heavy (non-hydrogen) atoms. The number of nitrogens with one attached hydrogen (secondary N) is 1. The molecule has 0 aliphatic heterocycles. The van der Waals surface area contributed by atoms with Gasteiger partial charge in [-0.1, -0.05) is 0 Å². The number of rotatable bonds is 3. The van der Waals surface area contributed by atoms with Crippen molar-refractivity contribution in [3.05, 3.63) is 29.6 Å². The average molecular weight is 220 g/mol. The molecule has 0 saturated carbocycles. The summed E-state index contributed by atoms with van der Waals surface area (Å²) in [5.74, 6) is 1.60. The summed E-state index contributed by atoms with van der Waals surface area (Å²) in [6.45, 7) is 1.80. The Morgan fingerprint density at radius 3 is 2.94 bits per heavy atom. The first-order valence-corrected chi connectivity index (χ1v) is 4.84. The standard InChI is InChI=1S/C12H13FN2O/c1-3-4-8(2)15-12(16)9-5-6-10(13)11(14)7-9/h1,5-8H,4,14H2,2H3,(H,15,16). The van der Waals surface area contributed by atoms with Crippen LogP contribution in [0.2, 0.25) is 0 Å². The van der Waals surface area contributed by atoms with Crippen molar-refractivity contribution in [2.24, 2.45) is 0 Å². The van der Waals surface area contributed by atoms with Crippen LogP contribution in [0.25, 0.3) is 0 Å². The summed E-state index contributed by atoms with van der Waals surface area (Å²) in [5.41, 5.74) is 5.64. The van der Waals surface area contributed by atoms with Crippen molar-refractivity contribution in [3.63, 3.8) is 0 Å². The first kappa shape index (κ1) is 12.1. The van der Waals surface area contributed by atoms with E-state index < -0.39 is 5.82 Å². The van der Waals surface area contributed by atoms with Gasteiger partial charge in [-0.2, -0.15) is 0 Å². The first-order chi connectivity index (χ1) is 7.54. The van der Waals surface area contributed by atoms with E-state index in [9.17, 15) is 9.18 Å². The van der Waals surface area contributed by atoms with E-state index in [1.807, 2.05) is 0 Å². The lowest BCUT2D eigenvalue weighted by atomic mass is 10.1. The molecule has 3 N–H and O–H groups in total. The minimum absolute atomic E-state index is 0.0442. The van der Waals surface area contributed by atoms with Crippen LogP contribution < -0.4 is 11.1 Å². The van der Waals surface area contributed by atoms with E-state index in [1.165, 1.54) is 12.1 Å². The number of carbonyl (C=O) groups excluding carboxylic acids is 1. The summed E-state index contributed by atoms with van der Waals surface area (Å²) < 4.78 is 12.9. The quantitative estimate of drug-likeness (QED) is 0.599. The molecule has 1 unspecified atom stereocenters. The molecule has 0 aliphatic rings. The van der Waals surface area contributed by atoms with Crippen LogP contribution in [0.4, 0.5) is 10.1 Å². The third-order valence-electron chi connectivity index (χ3n) is 2.06. The number of terminal acetylenes is 1. The molecule has 0 aromatic heterocycles. The maximum atomic E-state index is 12.9. The predicted molar refractivity (Wildman–Crippen MR) is 61.2 cm³/mol. The lowest BCUT2D eigenvalue weighted by Gasteiger charge is -2.11. The summed E-state index contributed by atoms with van der Waals surface area (Å²) in [4.78, 5) is 11.6. The highest BCUT2D eigenvalue weighted by atomic mass is 19.1. The van der Waals surface area contributed by atoms with E-state index >= 15 is 0 Å². The monoisotopic (exact) mass is 220 g/mol. The van der Waals surface area contributed by atoms with Crippen LogP contribution in [-0.2, 0) is 0 Å². The molecule has 4 heteroatoms.